The van der Waals surface area contributed by atoms with Crippen LogP contribution in [-0.4, -0.2) is 16.1 Å². The Balaban J connectivity index is 2.81. The van der Waals surface area contributed by atoms with Gasteiger partial charge >= 0.3 is 5.97 Å². The van der Waals surface area contributed by atoms with Gasteiger partial charge in [0, 0.05) is 10.9 Å². The second kappa shape index (κ2) is 3.41. The summed E-state index contributed by atoms with van der Waals surface area (Å²) in [6.07, 6.45) is 0. The smallest absolute Gasteiger partial charge is 0.339 e. The van der Waals surface area contributed by atoms with Crippen LogP contribution in [0.4, 0.5) is 0 Å². The summed E-state index contributed by atoms with van der Waals surface area (Å²) in [6, 6.07) is 6.83. The van der Waals surface area contributed by atoms with Gasteiger partial charge in [0.25, 0.3) is 0 Å². The zero-order valence-electron chi connectivity index (χ0n) is 7.41. The minimum Gasteiger partial charge on any atom is -0.478 e. The van der Waals surface area contributed by atoms with Crippen molar-refractivity contribution in [1.82, 2.24) is 4.98 Å². The predicted octanol–water partition coefficient (Wildman–Crippen LogP) is 2.50. The van der Waals surface area contributed by atoms with Crippen molar-refractivity contribution in [3.8, 4) is 6.07 Å². The number of aromatic nitrogens is 1. The second-order valence-corrected chi connectivity index (χ2v) is 3.78. The molecule has 5 heteroatoms. The van der Waals surface area contributed by atoms with Gasteiger partial charge in [0.05, 0.1) is 21.8 Å². The van der Waals surface area contributed by atoms with Crippen LogP contribution < -0.4 is 0 Å². The van der Waals surface area contributed by atoms with E-state index in [1.165, 1.54) is 0 Å². The molecule has 0 fully saturated rings. The monoisotopic (exact) mass is 264 g/mol. The third-order valence-electron chi connectivity index (χ3n) is 2.10. The summed E-state index contributed by atoms with van der Waals surface area (Å²) in [6.45, 7) is 0. The van der Waals surface area contributed by atoms with Crippen LogP contribution >= 0.6 is 15.9 Å². The minimum absolute atomic E-state index is 0.189. The normalized spacial score (nSPS) is 10.1. The van der Waals surface area contributed by atoms with Gasteiger partial charge in [0.2, 0.25) is 0 Å². The number of hydrogen-bond donors (Lipinski definition) is 2. The Hall–Kier alpha value is -1.80. The van der Waals surface area contributed by atoms with Crippen molar-refractivity contribution in [2.75, 3.05) is 0 Å². The molecule has 2 rings (SSSR count). The molecule has 0 aliphatic heterocycles. The molecule has 0 bridgehead atoms. The topological polar surface area (TPSA) is 76.9 Å². The van der Waals surface area contributed by atoms with Gasteiger partial charge in [0.1, 0.15) is 0 Å². The number of nitrogens with one attached hydrogen (secondary N) is 1. The van der Waals surface area contributed by atoms with Crippen LogP contribution in [-0.2, 0) is 0 Å². The van der Waals surface area contributed by atoms with Crippen LogP contribution in [0.1, 0.15) is 15.9 Å². The van der Waals surface area contributed by atoms with Gasteiger partial charge in [-0.1, -0.05) is 6.07 Å². The van der Waals surface area contributed by atoms with Crippen molar-refractivity contribution >= 4 is 32.8 Å². The lowest BCUT2D eigenvalue weighted by molar-refractivity contribution is 0.0698. The summed E-state index contributed by atoms with van der Waals surface area (Å²) in [5.41, 5.74) is 1.32. The van der Waals surface area contributed by atoms with E-state index in [2.05, 4.69) is 20.9 Å². The summed E-state index contributed by atoms with van der Waals surface area (Å²) in [4.78, 5) is 13.8. The van der Waals surface area contributed by atoms with Crippen molar-refractivity contribution in [2.24, 2.45) is 0 Å². The molecule has 1 aromatic heterocycles. The zero-order valence-corrected chi connectivity index (χ0v) is 9.00. The first-order valence-electron chi connectivity index (χ1n) is 4.08. The predicted molar refractivity (Wildman–Crippen MR) is 57.7 cm³/mol. The van der Waals surface area contributed by atoms with Gasteiger partial charge in [-0.15, -0.1) is 0 Å². The summed E-state index contributed by atoms with van der Waals surface area (Å²) < 4.78 is 0.417. The first-order chi connectivity index (χ1) is 7.13. The summed E-state index contributed by atoms with van der Waals surface area (Å²) in [5, 5.41) is 18.2. The molecular formula is C10H5BrN2O2. The molecule has 1 aromatic carbocycles. The van der Waals surface area contributed by atoms with Gasteiger partial charge < -0.3 is 10.1 Å². The van der Waals surface area contributed by atoms with E-state index >= 15 is 0 Å². The van der Waals surface area contributed by atoms with E-state index in [4.69, 9.17) is 10.4 Å². The van der Waals surface area contributed by atoms with E-state index in [0.29, 0.717) is 21.1 Å². The number of aromatic carboxylic acids is 1. The average Bonchev–Trinajstić information content (AvgIpc) is 2.52. The molecule has 0 amide bonds. The molecule has 0 saturated heterocycles. The van der Waals surface area contributed by atoms with Crippen molar-refractivity contribution in [2.45, 2.75) is 0 Å². The lowest BCUT2D eigenvalue weighted by Crippen LogP contribution is -1.95. The maximum Gasteiger partial charge on any atom is 0.339 e. The van der Waals surface area contributed by atoms with Crippen LogP contribution in [0.5, 0.6) is 0 Å². The van der Waals surface area contributed by atoms with Gasteiger partial charge in [-0.3, -0.25) is 0 Å². The third kappa shape index (κ3) is 1.49. The lowest BCUT2D eigenvalue weighted by atomic mass is 10.1. The largest absolute Gasteiger partial charge is 0.478 e. The molecule has 0 saturated carbocycles. The van der Waals surface area contributed by atoms with Gasteiger partial charge in [-0.05, 0) is 28.1 Å². The van der Waals surface area contributed by atoms with Crippen molar-refractivity contribution in [1.29, 1.82) is 5.26 Å². The van der Waals surface area contributed by atoms with Gasteiger partial charge in [-0.25, -0.2) is 4.79 Å². The van der Waals surface area contributed by atoms with Gasteiger partial charge in [0.15, 0.2) is 0 Å². The van der Waals surface area contributed by atoms with E-state index in [9.17, 15) is 4.79 Å². The van der Waals surface area contributed by atoms with Crippen molar-refractivity contribution in [3.63, 3.8) is 0 Å². The Morgan fingerprint density at radius 2 is 2.27 bits per heavy atom. The number of hydrogen-bond acceptors (Lipinski definition) is 2. The van der Waals surface area contributed by atoms with Crippen LogP contribution in [0.15, 0.2) is 22.8 Å². The minimum atomic E-state index is -1.00. The second-order valence-electron chi connectivity index (χ2n) is 2.99. The van der Waals surface area contributed by atoms with Crippen LogP contribution in [0, 0.1) is 11.3 Å². The molecule has 2 N–H and O–H groups in total. The van der Waals surface area contributed by atoms with E-state index in [1.54, 1.807) is 18.2 Å². The van der Waals surface area contributed by atoms with Crippen molar-refractivity contribution in [3.05, 3.63) is 33.9 Å². The fourth-order valence-corrected chi connectivity index (χ4v) is 2.04. The summed E-state index contributed by atoms with van der Waals surface area (Å²) >= 11 is 3.14. The highest BCUT2D eigenvalue weighted by molar-refractivity contribution is 9.10. The van der Waals surface area contributed by atoms with E-state index < -0.39 is 5.97 Å². The first-order valence-corrected chi connectivity index (χ1v) is 4.87. The number of carboxylic acids is 1. The Bertz CT molecular complexity index is 595. The molecule has 1 heterocycles. The van der Waals surface area contributed by atoms with E-state index in [0.717, 1.165) is 0 Å². The number of halogens is 1. The van der Waals surface area contributed by atoms with Gasteiger partial charge in [-0.2, -0.15) is 5.26 Å². The molecule has 0 radical (unpaired) electrons. The maximum atomic E-state index is 10.9. The highest BCUT2D eigenvalue weighted by Gasteiger charge is 2.15. The Morgan fingerprint density at radius 1 is 1.53 bits per heavy atom. The SMILES string of the molecule is N#Cc1ccc2c(C(=O)O)c(Br)[nH]c2c1. The average molecular weight is 265 g/mol. The quantitative estimate of drug-likeness (QED) is 0.831. The first kappa shape index (κ1) is 9.74. The molecule has 74 valence electrons. The fraction of sp³-hybridized carbons (Fsp3) is 0. The molecular weight excluding hydrogens is 260 g/mol. The molecule has 0 aliphatic rings. The Labute approximate surface area is 93.3 Å². The molecule has 15 heavy (non-hydrogen) atoms. The van der Waals surface area contributed by atoms with Crippen molar-refractivity contribution < 1.29 is 9.90 Å². The zero-order chi connectivity index (χ0) is 11.0. The van der Waals surface area contributed by atoms with Crippen LogP contribution in [0.25, 0.3) is 10.9 Å². The number of nitrogens with zero attached hydrogens (tertiary/aromatic N) is 1. The fourth-order valence-electron chi connectivity index (χ4n) is 1.44. The number of aromatic amines is 1. The molecule has 0 spiro atoms. The number of nitriles is 1. The molecule has 0 unspecified atom stereocenters. The summed E-state index contributed by atoms with van der Waals surface area (Å²) in [5.74, 6) is -1.00. The number of carboxylic acid groups (broad SMARTS) is 1. The molecule has 0 aliphatic carbocycles. The Morgan fingerprint density at radius 3 is 2.87 bits per heavy atom. The standard InChI is InChI=1S/C10H5BrN2O2/c11-9-8(10(14)15)6-2-1-5(4-12)3-7(6)13-9/h1-3,13H,(H,14,15). The van der Waals surface area contributed by atoms with E-state index in [-0.39, 0.29) is 5.56 Å². The number of fused-ring (bicyclic) bond motifs is 1. The lowest BCUT2D eigenvalue weighted by Gasteiger charge is -1.92. The van der Waals surface area contributed by atoms with E-state index in [1.807, 2.05) is 6.07 Å². The molecule has 2 aromatic rings. The number of benzene rings is 1. The Kier molecular flexibility index (Phi) is 2.21. The van der Waals surface area contributed by atoms with Crippen LogP contribution in [0.3, 0.4) is 0 Å². The number of H-pyrrole nitrogens is 1. The third-order valence-corrected chi connectivity index (χ3v) is 2.69. The molecule has 0 atom stereocenters. The maximum absolute atomic E-state index is 10.9. The van der Waals surface area contributed by atoms with Crippen LogP contribution in [0.2, 0.25) is 0 Å². The summed E-state index contributed by atoms with van der Waals surface area (Å²) in [7, 11) is 0. The number of rotatable bonds is 1. The highest BCUT2D eigenvalue weighted by Crippen LogP contribution is 2.27. The molecule has 4 nitrogen and oxygen atoms in total. The number of carbonyl (C=O) groups is 1. The highest BCUT2D eigenvalue weighted by atomic mass is 79.9.